The Kier molecular flexibility index (Phi) is 8.67. The maximum absolute atomic E-state index is 5.98. The van der Waals surface area contributed by atoms with Gasteiger partial charge in [0.2, 0.25) is 0 Å². The highest BCUT2D eigenvalue weighted by Crippen LogP contribution is 2.20. The molecule has 6 heteroatoms. The van der Waals surface area contributed by atoms with Gasteiger partial charge in [0.05, 0.1) is 12.1 Å². The molecule has 0 bridgehead atoms. The summed E-state index contributed by atoms with van der Waals surface area (Å²) in [6, 6.07) is 16.6. The van der Waals surface area contributed by atoms with Crippen molar-refractivity contribution in [1.82, 2.24) is 15.6 Å². The van der Waals surface area contributed by atoms with Gasteiger partial charge in [-0.05, 0) is 36.6 Å². The minimum atomic E-state index is 0.634. The minimum absolute atomic E-state index is 0.634. The predicted octanol–water partition coefficient (Wildman–Crippen LogP) is 3.87. The van der Waals surface area contributed by atoms with Gasteiger partial charge in [-0.3, -0.25) is 9.98 Å². The van der Waals surface area contributed by atoms with E-state index in [4.69, 9.17) is 9.47 Å². The molecular formula is C25H32N4O2. The molecule has 0 aliphatic heterocycles. The number of ether oxygens (including phenoxy) is 2. The van der Waals surface area contributed by atoms with Gasteiger partial charge in [0.1, 0.15) is 5.75 Å². The summed E-state index contributed by atoms with van der Waals surface area (Å²) in [5, 5.41) is 7.95. The fourth-order valence-electron chi connectivity index (χ4n) is 3.41. The summed E-state index contributed by atoms with van der Waals surface area (Å²) < 4.78 is 11.1. The molecule has 2 N–H and O–H groups in total. The first-order valence-electron chi connectivity index (χ1n) is 10.7. The lowest BCUT2D eigenvalue weighted by Crippen LogP contribution is -2.38. The molecule has 0 spiro atoms. The van der Waals surface area contributed by atoms with Crippen LogP contribution < -0.4 is 15.4 Å². The normalized spacial score (nSPS) is 11.5. The average Bonchev–Trinajstić information content (AvgIpc) is 2.80. The first kappa shape index (κ1) is 22.6. The van der Waals surface area contributed by atoms with Crippen molar-refractivity contribution in [2.75, 3.05) is 33.9 Å². The summed E-state index contributed by atoms with van der Waals surface area (Å²) in [5.41, 5.74) is 4.57. The van der Waals surface area contributed by atoms with E-state index >= 15 is 0 Å². The smallest absolute Gasteiger partial charge is 0.191 e. The summed E-state index contributed by atoms with van der Waals surface area (Å²) in [6.45, 7) is 4.80. The van der Waals surface area contributed by atoms with Crippen molar-refractivity contribution in [3.05, 3.63) is 71.4 Å². The van der Waals surface area contributed by atoms with E-state index in [1.54, 1.807) is 14.2 Å². The Morgan fingerprint density at radius 2 is 1.90 bits per heavy atom. The van der Waals surface area contributed by atoms with Crippen LogP contribution in [0.15, 0.2) is 59.7 Å². The number of rotatable bonds is 10. The van der Waals surface area contributed by atoms with Crippen molar-refractivity contribution < 1.29 is 9.47 Å². The van der Waals surface area contributed by atoms with Crippen LogP contribution in [-0.4, -0.2) is 44.9 Å². The molecule has 2 aromatic carbocycles. The lowest BCUT2D eigenvalue weighted by molar-refractivity contribution is 0.172. The topological polar surface area (TPSA) is 67.8 Å². The molecule has 31 heavy (non-hydrogen) atoms. The average molecular weight is 421 g/mol. The molecule has 0 fully saturated rings. The minimum Gasteiger partial charge on any atom is -0.493 e. The molecule has 0 unspecified atom stereocenters. The van der Waals surface area contributed by atoms with Gasteiger partial charge in [-0.2, -0.15) is 0 Å². The van der Waals surface area contributed by atoms with E-state index in [0.717, 1.165) is 42.2 Å². The van der Waals surface area contributed by atoms with Crippen molar-refractivity contribution in [2.45, 2.75) is 26.3 Å². The zero-order chi connectivity index (χ0) is 21.9. The maximum atomic E-state index is 5.98. The Morgan fingerprint density at radius 1 is 1.03 bits per heavy atom. The van der Waals surface area contributed by atoms with Crippen molar-refractivity contribution in [2.24, 2.45) is 4.99 Å². The van der Waals surface area contributed by atoms with Gasteiger partial charge in [0, 0.05) is 57.4 Å². The van der Waals surface area contributed by atoms with E-state index in [1.807, 2.05) is 12.3 Å². The fourth-order valence-corrected chi connectivity index (χ4v) is 3.41. The van der Waals surface area contributed by atoms with Crippen LogP contribution in [0, 0.1) is 6.92 Å². The summed E-state index contributed by atoms with van der Waals surface area (Å²) >= 11 is 0. The van der Waals surface area contributed by atoms with Crippen LogP contribution in [-0.2, 0) is 17.7 Å². The zero-order valence-electron chi connectivity index (χ0n) is 18.6. The van der Waals surface area contributed by atoms with Crippen molar-refractivity contribution in [3.8, 4) is 5.75 Å². The number of hydrogen-bond acceptors (Lipinski definition) is 4. The third-order valence-electron chi connectivity index (χ3n) is 5.05. The number of fused-ring (bicyclic) bond motifs is 1. The van der Waals surface area contributed by atoms with E-state index < -0.39 is 0 Å². The molecule has 3 rings (SSSR count). The number of benzene rings is 2. The van der Waals surface area contributed by atoms with Gasteiger partial charge in [0.25, 0.3) is 0 Å². The Balaban J connectivity index is 1.53. The molecule has 0 amide bonds. The van der Waals surface area contributed by atoms with Crippen molar-refractivity contribution in [1.29, 1.82) is 0 Å². The number of aromatic nitrogens is 1. The van der Waals surface area contributed by atoms with Gasteiger partial charge in [-0.15, -0.1) is 0 Å². The second-order valence-corrected chi connectivity index (χ2v) is 7.40. The number of nitrogens with one attached hydrogen (secondary N) is 2. The van der Waals surface area contributed by atoms with Gasteiger partial charge in [-0.25, -0.2) is 0 Å². The molecule has 1 heterocycles. The molecular weight excluding hydrogens is 388 g/mol. The summed E-state index contributed by atoms with van der Waals surface area (Å²) in [7, 11) is 3.49. The Hall–Kier alpha value is -3.12. The summed E-state index contributed by atoms with van der Waals surface area (Å²) in [4.78, 5) is 8.88. The summed E-state index contributed by atoms with van der Waals surface area (Å²) in [5.74, 6) is 1.67. The van der Waals surface area contributed by atoms with E-state index in [2.05, 4.69) is 70.0 Å². The number of pyridine rings is 1. The maximum Gasteiger partial charge on any atom is 0.191 e. The molecule has 0 aliphatic carbocycles. The van der Waals surface area contributed by atoms with Crippen LogP contribution in [0.1, 0.15) is 23.1 Å². The van der Waals surface area contributed by atoms with Crippen LogP contribution in [0.3, 0.4) is 0 Å². The second kappa shape index (κ2) is 11.9. The van der Waals surface area contributed by atoms with Crippen LogP contribution in [0.25, 0.3) is 10.9 Å². The highest BCUT2D eigenvalue weighted by Gasteiger charge is 2.07. The molecule has 6 nitrogen and oxygen atoms in total. The number of aliphatic imine (C=N–C) groups is 1. The molecule has 164 valence electrons. The molecule has 1 aromatic heterocycles. The van der Waals surface area contributed by atoms with Crippen LogP contribution in [0.4, 0.5) is 0 Å². The van der Waals surface area contributed by atoms with E-state index in [1.165, 1.54) is 16.5 Å². The Morgan fingerprint density at radius 3 is 2.74 bits per heavy atom. The first-order valence-corrected chi connectivity index (χ1v) is 10.7. The van der Waals surface area contributed by atoms with E-state index in [9.17, 15) is 0 Å². The lowest BCUT2D eigenvalue weighted by Gasteiger charge is -2.16. The fraction of sp³-hybridized carbons (Fsp3) is 0.360. The standard InChI is InChI=1S/C25H32N4O2/c1-19-10-11-22(23(17-19)31-16-6-15-30-3)18-29-25(26-2)28-14-12-21-8-4-7-20-9-5-13-27-24(20)21/h4-5,7-11,13,17H,6,12,14-16,18H2,1-3H3,(H2,26,28,29). The predicted molar refractivity (Wildman–Crippen MR) is 127 cm³/mol. The molecule has 0 saturated carbocycles. The highest BCUT2D eigenvalue weighted by molar-refractivity contribution is 5.82. The van der Waals surface area contributed by atoms with Gasteiger partial charge in [0.15, 0.2) is 5.96 Å². The SMILES string of the molecule is CN=C(NCCc1cccc2cccnc12)NCc1ccc(C)cc1OCCCOC. The Bertz CT molecular complexity index is 998. The monoisotopic (exact) mass is 420 g/mol. The number of nitrogens with zero attached hydrogens (tertiary/aromatic N) is 2. The molecule has 3 aromatic rings. The van der Waals surface area contributed by atoms with Crippen molar-refractivity contribution in [3.63, 3.8) is 0 Å². The number of para-hydroxylation sites is 1. The summed E-state index contributed by atoms with van der Waals surface area (Å²) in [6.07, 6.45) is 3.58. The highest BCUT2D eigenvalue weighted by atomic mass is 16.5. The lowest BCUT2D eigenvalue weighted by atomic mass is 10.1. The molecule has 0 aliphatic rings. The van der Waals surface area contributed by atoms with Gasteiger partial charge >= 0.3 is 0 Å². The van der Waals surface area contributed by atoms with Crippen LogP contribution in [0.5, 0.6) is 5.75 Å². The Labute approximate surface area is 184 Å². The third-order valence-corrected chi connectivity index (χ3v) is 5.05. The van der Waals surface area contributed by atoms with E-state index in [-0.39, 0.29) is 0 Å². The largest absolute Gasteiger partial charge is 0.493 e. The van der Waals surface area contributed by atoms with Crippen LogP contribution in [0.2, 0.25) is 0 Å². The van der Waals surface area contributed by atoms with Gasteiger partial charge < -0.3 is 20.1 Å². The number of hydrogen-bond donors (Lipinski definition) is 2. The quantitative estimate of drug-likeness (QED) is 0.296. The van der Waals surface area contributed by atoms with E-state index in [0.29, 0.717) is 19.8 Å². The zero-order valence-corrected chi connectivity index (χ0v) is 18.6. The second-order valence-electron chi connectivity index (χ2n) is 7.40. The number of guanidine groups is 1. The molecule has 0 saturated heterocycles. The first-order chi connectivity index (χ1) is 15.2. The van der Waals surface area contributed by atoms with Crippen LogP contribution >= 0.6 is 0 Å². The molecule has 0 atom stereocenters. The van der Waals surface area contributed by atoms with Crippen molar-refractivity contribution >= 4 is 16.9 Å². The number of methoxy groups -OCH3 is 1. The molecule has 0 radical (unpaired) electrons. The number of aryl methyl sites for hydroxylation is 1. The van der Waals surface area contributed by atoms with Gasteiger partial charge in [-0.1, -0.05) is 36.4 Å². The third kappa shape index (κ3) is 6.69.